The summed E-state index contributed by atoms with van der Waals surface area (Å²) >= 11 is 11.7. The van der Waals surface area contributed by atoms with Gasteiger partial charge in [0.15, 0.2) is 0 Å². The van der Waals surface area contributed by atoms with Crippen molar-refractivity contribution in [1.29, 1.82) is 0 Å². The number of carbonyl (C=O) groups excluding carboxylic acids is 2. The number of halogens is 4. The number of rotatable bonds is 6. The van der Waals surface area contributed by atoms with E-state index in [0.29, 0.717) is 49.1 Å². The van der Waals surface area contributed by atoms with Gasteiger partial charge in [-0.1, -0.05) is 57.0 Å². The summed E-state index contributed by atoms with van der Waals surface area (Å²) in [6.07, 6.45) is 0.247. The average molecular weight is 574 g/mol. The Balaban J connectivity index is 0.000000302. The lowest BCUT2D eigenvalue weighted by atomic mass is 9.70. The second kappa shape index (κ2) is 13.7. The first-order valence-corrected chi connectivity index (χ1v) is 12.9. The number of amides is 2. The number of carbonyl (C=O) groups is 2. The van der Waals surface area contributed by atoms with E-state index < -0.39 is 23.2 Å². The van der Waals surface area contributed by atoms with E-state index in [9.17, 15) is 18.4 Å². The minimum absolute atomic E-state index is 0.00420. The fourth-order valence-corrected chi connectivity index (χ4v) is 4.49. The molecule has 7 nitrogen and oxygen atoms in total. The van der Waals surface area contributed by atoms with Gasteiger partial charge in [0.05, 0.1) is 28.2 Å². The highest BCUT2D eigenvalue weighted by atomic mass is 35.5. The van der Waals surface area contributed by atoms with Gasteiger partial charge in [0.25, 0.3) is 0 Å². The molecule has 1 spiro atoms. The first-order valence-electron chi connectivity index (χ1n) is 12.2. The molecule has 2 aromatic carbocycles. The number of hydrogen-bond donors (Lipinski definition) is 5. The smallest absolute Gasteiger partial charge is 0.237 e. The topological polar surface area (TPSA) is 111 Å². The van der Waals surface area contributed by atoms with E-state index >= 15 is 0 Å². The highest BCUT2D eigenvalue weighted by Gasteiger charge is 2.55. The van der Waals surface area contributed by atoms with Crippen LogP contribution in [0.4, 0.5) is 14.5 Å². The van der Waals surface area contributed by atoms with Gasteiger partial charge in [0.2, 0.25) is 12.3 Å². The van der Waals surface area contributed by atoms with Gasteiger partial charge in [-0.25, -0.2) is 8.78 Å². The fraction of sp³-hybridized carbons (Fsp3) is 0.481. The molecule has 1 saturated heterocycles. The van der Waals surface area contributed by atoms with Gasteiger partial charge in [-0.2, -0.15) is 0 Å². The third-order valence-electron chi connectivity index (χ3n) is 5.80. The van der Waals surface area contributed by atoms with Crippen LogP contribution in [0.3, 0.4) is 0 Å². The van der Waals surface area contributed by atoms with Crippen LogP contribution in [-0.4, -0.2) is 54.9 Å². The maximum Gasteiger partial charge on any atom is 0.237 e. The SMILES string of the molecule is CC(C)(C)C.O=C1Nc2cc(Cl)c(F)cc2[C@@]12CNCC2c1ccc(F)c(Cl)c1.O=CNCCC(O)CO. The van der Waals surface area contributed by atoms with Crippen LogP contribution >= 0.6 is 23.2 Å². The first-order chi connectivity index (χ1) is 17.7. The van der Waals surface area contributed by atoms with Crippen molar-refractivity contribution in [2.24, 2.45) is 5.41 Å². The molecule has 38 heavy (non-hydrogen) atoms. The lowest BCUT2D eigenvalue weighted by Gasteiger charge is -2.29. The van der Waals surface area contributed by atoms with Gasteiger partial charge >= 0.3 is 0 Å². The van der Waals surface area contributed by atoms with Crippen LogP contribution in [0.5, 0.6) is 0 Å². The van der Waals surface area contributed by atoms with Crippen molar-refractivity contribution in [3.8, 4) is 0 Å². The van der Waals surface area contributed by atoms with Crippen molar-refractivity contribution in [3.63, 3.8) is 0 Å². The number of aliphatic hydroxyl groups excluding tert-OH is 2. The highest BCUT2D eigenvalue weighted by molar-refractivity contribution is 6.31. The second-order valence-electron chi connectivity index (χ2n) is 10.8. The van der Waals surface area contributed by atoms with Crippen molar-refractivity contribution in [2.45, 2.75) is 51.6 Å². The molecule has 0 aliphatic carbocycles. The van der Waals surface area contributed by atoms with Crippen molar-refractivity contribution in [2.75, 3.05) is 31.6 Å². The van der Waals surface area contributed by atoms with Gasteiger partial charge in [0.1, 0.15) is 11.6 Å². The standard InChI is InChI=1S/C17H12Cl2F2N2O.C5H11NO3.C5H12/c18-11-3-8(1-2-13(11)20)10-6-22-7-17(10)9-4-14(21)12(19)5-15(9)23-16(17)24;7-3-5(9)1-2-6-4-8;1-5(2,3)4/h1-5,10,22H,6-7H2,(H,23,24);4-5,7,9H,1-3H2,(H,6,8);1-4H3/t10?,17-;;/m1../s1. The van der Waals surface area contributed by atoms with E-state index in [0.717, 1.165) is 5.56 Å². The Morgan fingerprint density at radius 2 is 1.79 bits per heavy atom. The van der Waals surface area contributed by atoms with E-state index in [2.05, 4.69) is 43.6 Å². The summed E-state index contributed by atoms with van der Waals surface area (Å²) in [7, 11) is 0. The molecular weight excluding hydrogens is 539 g/mol. The lowest BCUT2D eigenvalue weighted by Crippen LogP contribution is -2.41. The molecule has 2 aromatic rings. The minimum Gasteiger partial charge on any atom is -0.394 e. The maximum absolute atomic E-state index is 14.0. The molecule has 0 radical (unpaired) electrons. The van der Waals surface area contributed by atoms with Gasteiger partial charge < -0.3 is 26.2 Å². The maximum atomic E-state index is 14.0. The Bertz CT molecular complexity index is 1120. The monoisotopic (exact) mass is 573 g/mol. The van der Waals surface area contributed by atoms with Crippen molar-refractivity contribution >= 4 is 41.2 Å². The molecule has 0 bridgehead atoms. The molecule has 2 aliphatic rings. The quantitative estimate of drug-likeness (QED) is 0.260. The van der Waals surface area contributed by atoms with E-state index in [-0.39, 0.29) is 28.5 Å². The summed E-state index contributed by atoms with van der Waals surface area (Å²) in [6, 6.07) is 7.14. The number of nitrogens with one attached hydrogen (secondary N) is 3. The molecule has 210 valence electrons. The molecule has 0 aromatic heterocycles. The molecule has 2 unspecified atom stereocenters. The third kappa shape index (κ3) is 8.10. The number of fused-ring (bicyclic) bond motifs is 2. The molecule has 3 atom stereocenters. The van der Waals surface area contributed by atoms with Crippen LogP contribution in [0.2, 0.25) is 10.0 Å². The Morgan fingerprint density at radius 3 is 2.37 bits per heavy atom. The van der Waals surface area contributed by atoms with Crippen LogP contribution in [0.1, 0.15) is 51.2 Å². The van der Waals surface area contributed by atoms with Gasteiger partial charge in [-0.3, -0.25) is 9.59 Å². The Kier molecular flexibility index (Phi) is 11.5. The van der Waals surface area contributed by atoms with Gasteiger partial charge in [-0.15, -0.1) is 0 Å². The fourth-order valence-electron chi connectivity index (χ4n) is 4.14. The molecule has 11 heteroatoms. The number of aliphatic hydroxyl groups is 2. The largest absolute Gasteiger partial charge is 0.394 e. The summed E-state index contributed by atoms with van der Waals surface area (Å²) in [4.78, 5) is 22.4. The molecule has 2 aliphatic heterocycles. The number of benzene rings is 2. The summed E-state index contributed by atoms with van der Waals surface area (Å²) in [5.74, 6) is -1.62. The summed E-state index contributed by atoms with van der Waals surface area (Å²) < 4.78 is 27.5. The Hall–Kier alpha value is -2.30. The van der Waals surface area contributed by atoms with Crippen LogP contribution in [0.25, 0.3) is 0 Å². The zero-order valence-electron chi connectivity index (χ0n) is 21.9. The van der Waals surface area contributed by atoms with E-state index in [1.807, 2.05) is 0 Å². The lowest BCUT2D eigenvalue weighted by molar-refractivity contribution is -0.120. The average Bonchev–Trinajstić information content (AvgIpc) is 3.38. The predicted molar refractivity (Wildman–Crippen MR) is 146 cm³/mol. The van der Waals surface area contributed by atoms with Crippen molar-refractivity contribution in [3.05, 3.63) is 63.1 Å². The molecule has 1 fully saturated rings. The van der Waals surface area contributed by atoms with Crippen LogP contribution in [-0.2, 0) is 15.0 Å². The summed E-state index contributed by atoms with van der Waals surface area (Å²) in [6.45, 7) is 9.76. The first kappa shape index (κ1) is 31.9. The van der Waals surface area contributed by atoms with E-state index in [1.165, 1.54) is 24.3 Å². The van der Waals surface area contributed by atoms with Crippen LogP contribution < -0.4 is 16.0 Å². The van der Waals surface area contributed by atoms with E-state index in [4.69, 9.17) is 33.4 Å². The van der Waals surface area contributed by atoms with Crippen LogP contribution in [0, 0.1) is 17.0 Å². The molecule has 4 rings (SSSR count). The van der Waals surface area contributed by atoms with Crippen LogP contribution in [0.15, 0.2) is 30.3 Å². The minimum atomic E-state index is -0.970. The molecule has 0 saturated carbocycles. The van der Waals surface area contributed by atoms with Crippen molar-refractivity contribution < 1.29 is 28.6 Å². The molecule has 2 amide bonds. The predicted octanol–water partition coefficient (Wildman–Crippen LogP) is 4.38. The van der Waals surface area contributed by atoms with E-state index in [1.54, 1.807) is 6.07 Å². The van der Waals surface area contributed by atoms with Crippen molar-refractivity contribution in [1.82, 2.24) is 10.6 Å². The summed E-state index contributed by atoms with van der Waals surface area (Å²) in [5, 5.41) is 25.2. The second-order valence-corrected chi connectivity index (χ2v) is 11.6. The Morgan fingerprint density at radius 1 is 1.16 bits per heavy atom. The van der Waals surface area contributed by atoms with Gasteiger partial charge in [0, 0.05) is 31.2 Å². The molecular formula is C27H35Cl2F2N3O4. The summed E-state index contributed by atoms with van der Waals surface area (Å²) in [5.41, 5.74) is 1.32. The third-order valence-corrected chi connectivity index (χ3v) is 6.38. The molecule has 5 N–H and O–H groups in total. The molecule has 2 heterocycles. The number of hydrogen-bond acceptors (Lipinski definition) is 5. The zero-order valence-corrected chi connectivity index (χ0v) is 23.4. The normalized spacial score (nSPS) is 20.5. The number of anilines is 1. The highest BCUT2D eigenvalue weighted by Crippen LogP contribution is 2.50. The zero-order chi connectivity index (χ0) is 28.7. The van der Waals surface area contributed by atoms with Gasteiger partial charge in [-0.05, 0) is 47.2 Å². The Labute approximate surface area is 231 Å².